The predicted octanol–water partition coefficient (Wildman–Crippen LogP) is -1.50. The second-order valence-electron chi connectivity index (χ2n) is 4.04. The smallest absolute Gasteiger partial charge is 0.351 e. The Hall–Kier alpha value is -0.820. The van der Waals surface area contributed by atoms with Gasteiger partial charge in [0, 0.05) is 6.20 Å². The number of alkyl halides is 2. The number of aromatic nitrogens is 2. The fourth-order valence-electron chi connectivity index (χ4n) is 1.78. The average molecular weight is 387 g/mol. The minimum absolute atomic E-state index is 0.0762. The van der Waals surface area contributed by atoms with Gasteiger partial charge in [0.15, 0.2) is 6.23 Å². The minimum Gasteiger partial charge on any atom is -0.384 e. The van der Waals surface area contributed by atoms with Crippen LogP contribution < -0.4 is 11.4 Å². The number of nitrogens with two attached hydrogens (primary N) is 1. The topological polar surface area (TPSA) is 131 Å². The number of anilines is 1. The molecule has 1 aromatic rings. The quantitative estimate of drug-likeness (QED) is 0.359. The Kier molecular flexibility index (Phi) is 3.79. The Morgan fingerprint density at radius 2 is 2.32 bits per heavy atom. The molecule has 19 heavy (non-hydrogen) atoms. The summed E-state index contributed by atoms with van der Waals surface area (Å²) in [6, 6.07) is 1.21. The highest BCUT2D eigenvalue weighted by atomic mass is 127. The van der Waals surface area contributed by atoms with Crippen molar-refractivity contribution in [3.8, 4) is 0 Å². The second-order valence-corrected chi connectivity index (χ2v) is 5.32. The minimum atomic E-state index is -3.24. The summed E-state index contributed by atoms with van der Waals surface area (Å²) >= 11 is 1.49. The highest BCUT2D eigenvalue weighted by Gasteiger charge is 2.59. The van der Waals surface area contributed by atoms with Crippen LogP contribution in [0.3, 0.4) is 0 Å². The maximum Gasteiger partial charge on any atom is 0.351 e. The number of nitrogen functional groups attached to an aromatic ring is 1. The molecular formula is C9H11FIN3O5. The van der Waals surface area contributed by atoms with E-state index in [-0.39, 0.29) is 5.82 Å². The van der Waals surface area contributed by atoms with Crippen LogP contribution >= 0.6 is 22.6 Å². The molecule has 0 radical (unpaired) electrons. The molecule has 0 bridgehead atoms. The Labute approximate surface area is 119 Å². The van der Waals surface area contributed by atoms with E-state index >= 15 is 0 Å². The van der Waals surface area contributed by atoms with Crippen molar-refractivity contribution in [1.29, 1.82) is 0 Å². The van der Waals surface area contributed by atoms with Gasteiger partial charge in [-0.25, -0.2) is 9.18 Å². The molecule has 10 heteroatoms. The number of hydrogen-bond acceptors (Lipinski definition) is 7. The van der Waals surface area contributed by atoms with Crippen LogP contribution in [0.4, 0.5) is 10.2 Å². The van der Waals surface area contributed by atoms with Gasteiger partial charge in [-0.05, 0) is 28.7 Å². The van der Waals surface area contributed by atoms with Gasteiger partial charge in [0.2, 0.25) is 0 Å². The monoisotopic (exact) mass is 387 g/mol. The van der Waals surface area contributed by atoms with E-state index in [2.05, 4.69) is 4.98 Å². The predicted molar refractivity (Wildman–Crippen MR) is 68.9 cm³/mol. The number of aliphatic hydroxyl groups is 3. The summed E-state index contributed by atoms with van der Waals surface area (Å²) in [6.45, 7) is 0. The summed E-state index contributed by atoms with van der Waals surface area (Å²) in [7, 11) is 0. The van der Waals surface area contributed by atoms with Gasteiger partial charge in [0.25, 0.3) is 5.85 Å². The maximum absolute atomic E-state index is 14.1. The molecule has 1 aliphatic rings. The summed E-state index contributed by atoms with van der Waals surface area (Å²) in [5.41, 5.74) is 4.34. The van der Waals surface area contributed by atoms with E-state index < -0.39 is 34.1 Å². The zero-order chi connectivity index (χ0) is 14.4. The van der Waals surface area contributed by atoms with Gasteiger partial charge in [-0.1, -0.05) is 0 Å². The standard InChI is InChI=1S/C9H11FIN3O5/c10-9(18)5(15)4(6(11)16)19-7(9)14-2-1-3(12)13-8(14)17/h1-2,4-7,15-16,18H,(H2,12,13,17)/t4-,5+,6?,7+,9+/m0/s1. The molecule has 0 amide bonds. The molecular weight excluding hydrogens is 376 g/mol. The molecule has 0 saturated carbocycles. The van der Waals surface area contributed by atoms with Crippen LogP contribution in [0.5, 0.6) is 0 Å². The number of nitrogens with zero attached hydrogens (tertiary/aromatic N) is 2. The van der Waals surface area contributed by atoms with Crippen LogP contribution in [0.15, 0.2) is 17.1 Å². The number of halogens is 2. The van der Waals surface area contributed by atoms with E-state index in [9.17, 15) is 24.5 Å². The van der Waals surface area contributed by atoms with E-state index in [1.54, 1.807) is 0 Å². The number of ether oxygens (including phenoxy) is 1. The van der Waals surface area contributed by atoms with E-state index in [1.165, 1.54) is 28.7 Å². The molecule has 5 atom stereocenters. The first-order chi connectivity index (χ1) is 8.75. The Morgan fingerprint density at radius 1 is 1.68 bits per heavy atom. The van der Waals surface area contributed by atoms with Gasteiger partial charge in [-0.3, -0.25) is 4.57 Å². The first kappa shape index (κ1) is 14.6. The van der Waals surface area contributed by atoms with E-state index in [0.29, 0.717) is 4.57 Å². The van der Waals surface area contributed by atoms with Crippen molar-refractivity contribution in [2.75, 3.05) is 5.73 Å². The fourth-order valence-corrected chi connectivity index (χ4v) is 2.34. The second kappa shape index (κ2) is 4.94. The summed E-state index contributed by atoms with van der Waals surface area (Å²) in [6.07, 6.45) is -4.13. The van der Waals surface area contributed by atoms with Gasteiger partial charge < -0.3 is 25.8 Å². The lowest BCUT2D eigenvalue weighted by atomic mass is 10.1. The zero-order valence-corrected chi connectivity index (χ0v) is 11.5. The highest BCUT2D eigenvalue weighted by Crippen LogP contribution is 2.40. The summed E-state index contributed by atoms with van der Waals surface area (Å²) in [5, 5.41) is 28.5. The molecule has 2 heterocycles. The van der Waals surface area contributed by atoms with E-state index in [4.69, 9.17) is 10.5 Å². The maximum atomic E-state index is 14.1. The van der Waals surface area contributed by atoms with Crippen LogP contribution in [0, 0.1) is 0 Å². The largest absolute Gasteiger partial charge is 0.384 e. The van der Waals surface area contributed by atoms with E-state index in [1.807, 2.05) is 0 Å². The number of aliphatic hydroxyl groups excluding tert-OH is 2. The number of hydrogen-bond donors (Lipinski definition) is 4. The molecule has 8 nitrogen and oxygen atoms in total. The molecule has 0 spiro atoms. The van der Waals surface area contributed by atoms with Crippen LogP contribution in [0.2, 0.25) is 0 Å². The van der Waals surface area contributed by atoms with Gasteiger partial charge in [-0.2, -0.15) is 4.98 Å². The van der Waals surface area contributed by atoms with Gasteiger partial charge in [-0.15, -0.1) is 0 Å². The third kappa shape index (κ3) is 2.45. The molecule has 1 fully saturated rings. The van der Waals surface area contributed by atoms with Gasteiger partial charge in [0.1, 0.15) is 22.1 Å². The first-order valence-corrected chi connectivity index (χ1v) is 6.41. The van der Waals surface area contributed by atoms with Crippen LogP contribution in [-0.2, 0) is 4.74 Å². The molecule has 0 aromatic carbocycles. The number of rotatable bonds is 2. The molecule has 1 saturated heterocycles. The van der Waals surface area contributed by atoms with Crippen LogP contribution in [0.25, 0.3) is 0 Å². The molecule has 1 unspecified atom stereocenters. The van der Waals surface area contributed by atoms with Crippen LogP contribution in [0.1, 0.15) is 6.23 Å². The average Bonchev–Trinajstić information content (AvgIpc) is 2.52. The molecule has 5 N–H and O–H groups in total. The molecule has 1 aromatic heterocycles. The van der Waals surface area contributed by atoms with Gasteiger partial charge >= 0.3 is 5.69 Å². The third-order valence-corrected chi connectivity index (χ3v) is 3.44. The highest BCUT2D eigenvalue weighted by molar-refractivity contribution is 14.1. The van der Waals surface area contributed by atoms with Crippen molar-refractivity contribution in [3.05, 3.63) is 22.7 Å². The Balaban J connectivity index is 2.42. The third-order valence-electron chi connectivity index (χ3n) is 2.73. The SMILES string of the molecule is Nc1ccn([C@@H]2O[C@H](C(O)I)[C@@H](O)[C@]2(O)F)c(=O)n1. The molecule has 1 aliphatic heterocycles. The van der Waals surface area contributed by atoms with Crippen molar-refractivity contribution in [2.24, 2.45) is 0 Å². The normalized spacial score (nSPS) is 36.4. The fraction of sp³-hybridized carbons (Fsp3) is 0.556. The Bertz CT molecular complexity index is 537. The summed E-state index contributed by atoms with van der Waals surface area (Å²) in [5.74, 6) is -3.31. The summed E-state index contributed by atoms with van der Waals surface area (Å²) in [4.78, 5) is 14.9. The van der Waals surface area contributed by atoms with Crippen molar-refractivity contribution >= 4 is 28.4 Å². The van der Waals surface area contributed by atoms with E-state index in [0.717, 1.165) is 6.20 Å². The molecule has 106 valence electrons. The lowest BCUT2D eigenvalue weighted by Crippen LogP contribution is -2.45. The van der Waals surface area contributed by atoms with Crippen LogP contribution in [-0.4, -0.2) is 47.0 Å². The lowest BCUT2D eigenvalue weighted by molar-refractivity contribution is -0.196. The van der Waals surface area contributed by atoms with Crippen molar-refractivity contribution in [2.45, 2.75) is 28.4 Å². The molecule has 2 rings (SSSR count). The summed E-state index contributed by atoms with van der Waals surface area (Å²) < 4.78 is 18.5. The molecule has 0 aliphatic carbocycles. The first-order valence-electron chi connectivity index (χ1n) is 5.16. The zero-order valence-electron chi connectivity index (χ0n) is 9.35. The lowest BCUT2D eigenvalue weighted by Gasteiger charge is -2.23. The van der Waals surface area contributed by atoms with Crippen molar-refractivity contribution in [1.82, 2.24) is 9.55 Å². The van der Waals surface area contributed by atoms with Crippen molar-refractivity contribution < 1.29 is 24.4 Å². The Morgan fingerprint density at radius 3 is 2.79 bits per heavy atom. The van der Waals surface area contributed by atoms with Gasteiger partial charge in [0.05, 0.1) is 0 Å². The van der Waals surface area contributed by atoms with Crippen molar-refractivity contribution in [3.63, 3.8) is 0 Å².